The third-order valence-corrected chi connectivity index (χ3v) is 10.6. The van der Waals surface area contributed by atoms with Gasteiger partial charge in [-0.05, 0) is 79.8 Å². The van der Waals surface area contributed by atoms with Crippen molar-refractivity contribution >= 4 is 22.9 Å². The van der Waals surface area contributed by atoms with Gasteiger partial charge in [-0.2, -0.15) is 5.26 Å². The first-order valence-electron chi connectivity index (χ1n) is 18.0. The molecule has 3 aromatic carbocycles. The molecule has 0 radical (unpaired) electrons. The van der Waals surface area contributed by atoms with E-state index < -0.39 is 0 Å². The van der Waals surface area contributed by atoms with Crippen molar-refractivity contribution in [1.82, 2.24) is 19.8 Å². The molecule has 9 nitrogen and oxygen atoms in total. The normalized spacial score (nSPS) is 14.4. The minimum Gasteiger partial charge on any atom is -0.493 e. The van der Waals surface area contributed by atoms with Gasteiger partial charge in [-0.1, -0.05) is 41.9 Å². The zero-order valence-electron chi connectivity index (χ0n) is 30.6. The van der Waals surface area contributed by atoms with Crippen LogP contribution < -0.4 is 14.2 Å². The molecule has 1 saturated heterocycles. The van der Waals surface area contributed by atoms with Crippen LogP contribution in [0.5, 0.6) is 17.2 Å². The number of rotatable bonds is 17. The van der Waals surface area contributed by atoms with Crippen molar-refractivity contribution in [2.45, 2.75) is 59.0 Å². The number of thiazole rings is 1. The number of ether oxygens (including phenoxy) is 3. The van der Waals surface area contributed by atoms with E-state index in [4.69, 9.17) is 25.8 Å². The van der Waals surface area contributed by atoms with Gasteiger partial charge in [0, 0.05) is 74.1 Å². The fraction of sp³-hybridized carbons (Fsp3) is 0.357. The van der Waals surface area contributed by atoms with Crippen LogP contribution in [0.4, 0.5) is 0 Å². The number of halogens is 1. The standard InChI is InChI=1S/C42H46ClN5O4S/c1-29-33(7-4-8-37(29)38-9-5-10-40(30(38)2)50-16-6-13-48-15-12-36(49)24-48)26-52-42-19-41(51-25-32-17-31(20-44)21-45-22-32)34(18-39(42)43)23-47(3)14-11-35-27-53-28-46-35/h4-5,7-10,17-19,21-22,27-28,36,49H,6,11-16,23-26H2,1-3H3. The van der Waals surface area contributed by atoms with Crippen LogP contribution in [0.25, 0.3) is 11.1 Å². The third kappa shape index (κ3) is 10.3. The molecule has 1 aliphatic heterocycles. The van der Waals surface area contributed by atoms with E-state index >= 15 is 0 Å². The van der Waals surface area contributed by atoms with Gasteiger partial charge < -0.3 is 29.1 Å². The predicted octanol–water partition coefficient (Wildman–Crippen LogP) is 8.02. The molecule has 1 fully saturated rings. The lowest BCUT2D eigenvalue weighted by atomic mass is 9.93. The van der Waals surface area contributed by atoms with Crippen LogP contribution in [0.1, 0.15) is 51.9 Å². The van der Waals surface area contributed by atoms with Gasteiger partial charge >= 0.3 is 0 Å². The second-order valence-corrected chi connectivity index (χ2v) is 14.7. The summed E-state index contributed by atoms with van der Waals surface area (Å²) in [5.74, 6) is 2.07. The molecule has 1 N–H and O–H groups in total. The monoisotopic (exact) mass is 751 g/mol. The molecule has 0 aliphatic carbocycles. The summed E-state index contributed by atoms with van der Waals surface area (Å²) in [7, 11) is 2.07. The van der Waals surface area contributed by atoms with Gasteiger partial charge in [-0.25, -0.2) is 4.98 Å². The van der Waals surface area contributed by atoms with E-state index in [2.05, 4.69) is 76.4 Å². The smallest absolute Gasteiger partial charge is 0.142 e. The lowest BCUT2D eigenvalue weighted by Crippen LogP contribution is -2.24. The van der Waals surface area contributed by atoms with E-state index in [1.807, 2.05) is 29.8 Å². The summed E-state index contributed by atoms with van der Waals surface area (Å²) in [6.45, 7) is 9.48. The van der Waals surface area contributed by atoms with Gasteiger partial charge in [0.05, 0.1) is 34.5 Å². The van der Waals surface area contributed by atoms with Crippen molar-refractivity contribution in [3.63, 3.8) is 0 Å². The summed E-state index contributed by atoms with van der Waals surface area (Å²) >= 11 is 8.49. The van der Waals surface area contributed by atoms with E-state index in [1.54, 1.807) is 23.6 Å². The summed E-state index contributed by atoms with van der Waals surface area (Å²) in [5, 5.41) is 21.7. The molecule has 1 aliphatic rings. The summed E-state index contributed by atoms with van der Waals surface area (Å²) in [5.41, 5.74) is 10.6. The largest absolute Gasteiger partial charge is 0.493 e. The van der Waals surface area contributed by atoms with Crippen LogP contribution in [0.15, 0.2) is 77.9 Å². The lowest BCUT2D eigenvalue weighted by molar-refractivity contribution is 0.173. The molecule has 0 spiro atoms. The molecule has 0 saturated carbocycles. The Bertz CT molecular complexity index is 2020. The number of pyridine rings is 1. The lowest BCUT2D eigenvalue weighted by Gasteiger charge is -2.21. The highest BCUT2D eigenvalue weighted by molar-refractivity contribution is 7.07. The third-order valence-electron chi connectivity index (χ3n) is 9.63. The Morgan fingerprint density at radius 1 is 0.981 bits per heavy atom. The average molecular weight is 752 g/mol. The van der Waals surface area contributed by atoms with Crippen LogP contribution >= 0.6 is 22.9 Å². The van der Waals surface area contributed by atoms with Crippen molar-refractivity contribution in [2.75, 3.05) is 39.8 Å². The van der Waals surface area contributed by atoms with Crippen LogP contribution in [-0.4, -0.2) is 70.8 Å². The Hall–Kier alpha value is -4.50. The highest BCUT2D eigenvalue weighted by Crippen LogP contribution is 2.37. The van der Waals surface area contributed by atoms with Gasteiger partial charge in [0.1, 0.15) is 36.5 Å². The van der Waals surface area contributed by atoms with Crippen molar-refractivity contribution < 1.29 is 19.3 Å². The maximum Gasteiger partial charge on any atom is 0.142 e. The summed E-state index contributed by atoms with van der Waals surface area (Å²) in [6, 6.07) is 20.2. The van der Waals surface area contributed by atoms with Crippen molar-refractivity contribution in [1.29, 1.82) is 5.26 Å². The van der Waals surface area contributed by atoms with Crippen molar-refractivity contribution in [2.24, 2.45) is 0 Å². The summed E-state index contributed by atoms with van der Waals surface area (Å²) in [4.78, 5) is 13.1. The number of aromatic nitrogens is 2. The van der Waals surface area contributed by atoms with Crippen LogP contribution in [0, 0.1) is 25.2 Å². The molecule has 0 amide bonds. The molecule has 276 valence electrons. The number of hydrogen-bond donors (Lipinski definition) is 1. The van der Waals surface area contributed by atoms with E-state index in [9.17, 15) is 10.4 Å². The quantitative estimate of drug-likeness (QED) is 0.0947. The zero-order chi connectivity index (χ0) is 37.2. The first kappa shape index (κ1) is 38.2. The van der Waals surface area contributed by atoms with Gasteiger partial charge in [-0.3, -0.25) is 4.98 Å². The number of aliphatic hydroxyl groups excluding tert-OH is 1. The minimum atomic E-state index is -0.200. The number of hydrogen-bond acceptors (Lipinski definition) is 10. The molecule has 53 heavy (non-hydrogen) atoms. The number of likely N-dealkylation sites (tertiary alicyclic amines) is 1. The van der Waals surface area contributed by atoms with E-state index in [-0.39, 0.29) is 12.7 Å². The minimum absolute atomic E-state index is 0.200. The first-order valence-corrected chi connectivity index (χ1v) is 19.3. The summed E-state index contributed by atoms with van der Waals surface area (Å²) in [6.07, 6.45) is 5.65. The molecule has 3 heterocycles. The van der Waals surface area contributed by atoms with Gasteiger partial charge in [0.2, 0.25) is 0 Å². The number of aliphatic hydroxyl groups is 1. The first-order chi connectivity index (χ1) is 25.8. The van der Waals surface area contributed by atoms with E-state index in [0.717, 1.165) is 95.8 Å². The van der Waals surface area contributed by atoms with Crippen molar-refractivity contribution in [3.05, 3.63) is 122 Å². The Morgan fingerprint density at radius 3 is 2.57 bits per heavy atom. The molecular weight excluding hydrogens is 706 g/mol. The Kier molecular flexibility index (Phi) is 13.3. The van der Waals surface area contributed by atoms with Crippen LogP contribution in [0.2, 0.25) is 5.02 Å². The second kappa shape index (κ2) is 18.5. The van der Waals surface area contributed by atoms with Crippen molar-refractivity contribution in [3.8, 4) is 34.4 Å². The highest BCUT2D eigenvalue weighted by atomic mass is 35.5. The number of nitrogens with zero attached hydrogens (tertiary/aromatic N) is 5. The maximum absolute atomic E-state index is 9.81. The molecule has 6 rings (SSSR count). The highest BCUT2D eigenvalue weighted by Gasteiger charge is 2.20. The Labute approximate surface area is 321 Å². The van der Waals surface area contributed by atoms with Gasteiger partial charge in [-0.15, -0.1) is 11.3 Å². The topological polar surface area (TPSA) is 104 Å². The molecule has 1 atom stereocenters. The fourth-order valence-electron chi connectivity index (χ4n) is 6.60. The Balaban J connectivity index is 1.15. The van der Waals surface area contributed by atoms with E-state index in [0.29, 0.717) is 41.8 Å². The number of benzene rings is 3. The van der Waals surface area contributed by atoms with Gasteiger partial charge in [0.15, 0.2) is 0 Å². The van der Waals surface area contributed by atoms with Crippen LogP contribution in [0.3, 0.4) is 0 Å². The second-order valence-electron chi connectivity index (χ2n) is 13.6. The molecule has 1 unspecified atom stereocenters. The zero-order valence-corrected chi connectivity index (χ0v) is 32.1. The predicted molar refractivity (Wildman–Crippen MR) is 210 cm³/mol. The maximum atomic E-state index is 9.81. The van der Waals surface area contributed by atoms with Gasteiger partial charge in [0.25, 0.3) is 0 Å². The number of nitriles is 1. The van der Waals surface area contributed by atoms with E-state index in [1.165, 1.54) is 6.20 Å². The fourth-order valence-corrected chi connectivity index (χ4v) is 7.44. The molecular formula is C42H46ClN5O4S. The number of β-amino-alcohol motifs (C(OH)–C–C–N with tert-alkyl or cyclic N) is 1. The average Bonchev–Trinajstić information content (AvgIpc) is 3.85. The SMILES string of the molecule is Cc1c(COc2cc(OCc3cncc(C#N)c3)c(CN(C)CCc3cscn3)cc2Cl)cccc1-c1cccc(OCCCN2CCC(O)C2)c1C. The molecule has 0 bridgehead atoms. The van der Waals surface area contributed by atoms with Crippen LogP contribution in [-0.2, 0) is 26.2 Å². The molecule has 11 heteroatoms. The number of likely N-dealkylation sites (N-methyl/N-ethyl adjacent to an activating group) is 1. The molecule has 2 aromatic heterocycles. The summed E-state index contributed by atoms with van der Waals surface area (Å²) < 4.78 is 19.0. The molecule has 5 aromatic rings. The Morgan fingerprint density at radius 2 is 1.79 bits per heavy atom.